The fourth-order valence-corrected chi connectivity index (χ4v) is 1.82. The lowest BCUT2D eigenvalue weighted by Gasteiger charge is -2.24. The summed E-state index contributed by atoms with van der Waals surface area (Å²) in [5.41, 5.74) is 5.91. The van der Waals surface area contributed by atoms with Gasteiger partial charge in [0.05, 0.1) is 0 Å². The van der Waals surface area contributed by atoms with Crippen LogP contribution in [0.4, 0.5) is 4.79 Å². The van der Waals surface area contributed by atoms with Crippen LogP contribution in [0.5, 0.6) is 0 Å². The van der Waals surface area contributed by atoms with Crippen LogP contribution in [0.1, 0.15) is 26.3 Å². The van der Waals surface area contributed by atoms with Gasteiger partial charge in [0.1, 0.15) is 24.8 Å². The first-order chi connectivity index (χ1) is 12.1. The van der Waals surface area contributed by atoms with E-state index in [0.29, 0.717) is 0 Å². The fraction of sp³-hybridized carbons (Fsp3) is 0.500. The molecule has 1 aromatic carbocycles. The third-order valence-corrected chi connectivity index (χ3v) is 3.13. The van der Waals surface area contributed by atoms with Crippen molar-refractivity contribution in [3.8, 4) is 0 Å². The van der Waals surface area contributed by atoms with Gasteiger partial charge in [-0.2, -0.15) is 0 Å². The molecular formula is C18H27N3O5. The van der Waals surface area contributed by atoms with Gasteiger partial charge in [-0.3, -0.25) is 9.59 Å². The molecule has 0 aliphatic carbocycles. The van der Waals surface area contributed by atoms with Gasteiger partial charge in [-0.1, -0.05) is 30.3 Å². The Labute approximate surface area is 153 Å². The number of nitrogens with one attached hydrogen (secondary N) is 1. The number of nitrogens with zero attached hydrogens (tertiary/aromatic N) is 1. The SMILES string of the molecule is CN(CC(=O)NC[C@H](N)C(=O)OCc1ccccc1)C(=O)OC(C)(C)C. The first-order valence-electron chi connectivity index (χ1n) is 8.25. The molecule has 0 bridgehead atoms. The van der Waals surface area contributed by atoms with Crippen molar-refractivity contribution in [2.75, 3.05) is 20.1 Å². The molecule has 1 atom stereocenters. The summed E-state index contributed by atoms with van der Waals surface area (Å²) in [7, 11) is 1.45. The molecule has 0 aromatic heterocycles. The molecule has 8 heteroatoms. The van der Waals surface area contributed by atoms with Crippen LogP contribution in [0.2, 0.25) is 0 Å². The summed E-state index contributed by atoms with van der Waals surface area (Å²) in [5.74, 6) is -1.07. The zero-order chi connectivity index (χ0) is 19.7. The number of hydrogen-bond donors (Lipinski definition) is 2. The van der Waals surface area contributed by atoms with Crippen molar-refractivity contribution in [2.45, 2.75) is 39.0 Å². The van der Waals surface area contributed by atoms with Crippen molar-refractivity contribution < 1.29 is 23.9 Å². The van der Waals surface area contributed by atoms with E-state index in [2.05, 4.69) is 5.32 Å². The molecule has 0 saturated carbocycles. The van der Waals surface area contributed by atoms with Gasteiger partial charge in [0, 0.05) is 13.6 Å². The molecule has 1 aromatic rings. The van der Waals surface area contributed by atoms with E-state index in [9.17, 15) is 14.4 Å². The standard InChI is InChI=1S/C18H27N3O5/c1-18(2,3)26-17(24)21(4)11-15(22)20-10-14(19)16(23)25-12-13-8-6-5-7-9-13/h5-9,14H,10-12,19H2,1-4H3,(H,20,22)/t14-/m0/s1. The number of carbonyl (C=O) groups is 3. The van der Waals surface area contributed by atoms with Crippen molar-refractivity contribution in [3.63, 3.8) is 0 Å². The zero-order valence-corrected chi connectivity index (χ0v) is 15.7. The average Bonchev–Trinajstić information content (AvgIpc) is 2.56. The summed E-state index contributed by atoms with van der Waals surface area (Å²) in [6.07, 6.45) is -0.612. The molecule has 2 amide bonds. The third-order valence-electron chi connectivity index (χ3n) is 3.13. The molecule has 0 aliphatic heterocycles. The lowest BCUT2D eigenvalue weighted by atomic mass is 10.2. The number of hydrogen-bond acceptors (Lipinski definition) is 6. The highest BCUT2D eigenvalue weighted by Gasteiger charge is 2.22. The van der Waals surface area contributed by atoms with Crippen LogP contribution < -0.4 is 11.1 Å². The van der Waals surface area contributed by atoms with Gasteiger partial charge in [-0.15, -0.1) is 0 Å². The number of rotatable bonds is 7. The molecule has 0 spiro atoms. The predicted octanol–water partition coefficient (Wildman–Crippen LogP) is 1.04. The molecule has 0 aliphatic rings. The number of carbonyl (C=O) groups excluding carboxylic acids is 3. The van der Waals surface area contributed by atoms with Gasteiger partial charge in [0.2, 0.25) is 5.91 Å². The van der Waals surface area contributed by atoms with E-state index in [1.165, 1.54) is 7.05 Å². The maximum atomic E-state index is 11.9. The Bertz CT molecular complexity index is 613. The number of ether oxygens (including phenoxy) is 2. The van der Waals surface area contributed by atoms with Gasteiger partial charge in [-0.05, 0) is 26.3 Å². The van der Waals surface area contributed by atoms with Crippen LogP contribution in [0, 0.1) is 0 Å². The van der Waals surface area contributed by atoms with Gasteiger partial charge in [0.25, 0.3) is 0 Å². The predicted molar refractivity (Wildman–Crippen MR) is 96.1 cm³/mol. The Balaban J connectivity index is 2.32. The Hall–Kier alpha value is -2.61. The maximum absolute atomic E-state index is 11.9. The minimum atomic E-state index is -0.991. The zero-order valence-electron chi connectivity index (χ0n) is 15.7. The Morgan fingerprint density at radius 2 is 1.81 bits per heavy atom. The summed E-state index contributed by atoms with van der Waals surface area (Å²) in [6, 6.07) is 8.20. The van der Waals surface area contributed by atoms with Crippen LogP contribution >= 0.6 is 0 Å². The highest BCUT2D eigenvalue weighted by molar-refractivity contribution is 5.83. The monoisotopic (exact) mass is 365 g/mol. The van der Waals surface area contributed by atoms with E-state index in [1.54, 1.807) is 20.8 Å². The highest BCUT2D eigenvalue weighted by atomic mass is 16.6. The van der Waals surface area contributed by atoms with E-state index in [-0.39, 0.29) is 19.7 Å². The molecular weight excluding hydrogens is 338 g/mol. The largest absolute Gasteiger partial charge is 0.460 e. The minimum absolute atomic E-state index is 0.0887. The molecule has 0 unspecified atom stereocenters. The second-order valence-electron chi connectivity index (χ2n) is 6.84. The summed E-state index contributed by atoms with van der Waals surface area (Å²) in [6.45, 7) is 5.02. The highest BCUT2D eigenvalue weighted by Crippen LogP contribution is 2.08. The van der Waals surface area contributed by atoms with Gasteiger partial charge in [0.15, 0.2) is 0 Å². The number of esters is 1. The van der Waals surface area contributed by atoms with Crippen LogP contribution in [0.15, 0.2) is 30.3 Å². The molecule has 1 rings (SSSR count). The molecule has 8 nitrogen and oxygen atoms in total. The number of amides is 2. The number of likely N-dealkylation sites (N-methyl/N-ethyl adjacent to an activating group) is 1. The smallest absolute Gasteiger partial charge is 0.410 e. The van der Waals surface area contributed by atoms with Crippen molar-refractivity contribution in [2.24, 2.45) is 5.73 Å². The fourth-order valence-electron chi connectivity index (χ4n) is 1.82. The van der Waals surface area contributed by atoms with Crippen molar-refractivity contribution in [1.82, 2.24) is 10.2 Å². The van der Waals surface area contributed by atoms with Crippen LogP contribution in [0.3, 0.4) is 0 Å². The van der Waals surface area contributed by atoms with Crippen LogP contribution in [-0.2, 0) is 25.7 Å². The third kappa shape index (κ3) is 8.48. The van der Waals surface area contributed by atoms with Gasteiger partial charge in [-0.25, -0.2) is 4.79 Å². The molecule has 0 radical (unpaired) electrons. The molecule has 0 fully saturated rings. The molecule has 0 heterocycles. The lowest BCUT2D eigenvalue weighted by molar-refractivity contribution is -0.146. The summed E-state index contributed by atoms with van der Waals surface area (Å²) < 4.78 is 10.2. The van der Waals surface area contributed by atoms with Gasteiger partial charge < -0.3 is 25.4 Å². The minimum Gasteiger partial charge on any atom is -0.460 e. The topological polar surface area (TPSA) is 111 Å². The van der Waals surface area contributed by atoms with E-state index in [4.69, 9.17) is 15.2 Å². The second-order valence-corrected chi connectivity index (χ2v) is 6.84. The second kappa shape index (κ2) is 9.76. The van der Waals surface area contributed by atoms with E-state index >= 15 is 0 Å². The van der Waals surface area contributed by atoms with E-state index in [0.717, 1.165) is 10.5 Å². The molecule has 144 valence electrons. The van der Waals surface area contributed by atoms with Crippen molar-refractivity contribution in [3.05, 3.63) is 35.9 Å². The normalized spacial score (nSPS) is 12.0. The maximum Gasteiger partial charge on any atom is 0.410 e. The van der Waals surface area contributed by atoms with Crippen LogP contribution in [0.25, 0.3) is 0 Å². The number of nitrogens with two attached hydrogens (primary N) is 1. The van der Waals surface area contributed by atoms with Crippen LogP contribution in [-0.4, -0.2) is 54.6 Å². The van der Waals surface area contributed by atoms with E-state index in [1.807, 2.05) is 30.3 Å². The first kappa shape index (κ1) is 21.4. The molecule has 26 heavy (non-hydrogen) atoms. The average molecular weight is 365 g/mol. The van der Waals surface area contributed by atoms with E-state index < -0.39 is 29.6 Å². The van der Waals surface area contributed by atoms with Crippen molar-refractivity contribution >= 4 is 18.0 Å². The summed E-state index contributed by atoms with van der Waals surface area (Å²) in [5, 5.41) is 2.50. The lowest BCUT2D eigenvalue weighted by Crippen LogP contribution is -2.47. The van der Waals surface area contributed by atoms with Gasteiger partial charge >= 0.3 is 12.1 Å². The molecule has 0 saturated heterocycles. The number of benzene rings is 1. The Kier molecular flexibility index (Phi) is 8.05. The molecule has 3 N–H and O–H groups in total. The Morgan fingerprint density at radius 1 is 1.19 bits per heavy atom. The Morgan fingerprint density at radius 3 is 2.38 bits per heavy atom. The summed E-state index contributed by atoms with van der Waals surface area (Å²) >= 11 is 0. The van der Waals surface area contributed by atoms with Crippen molar-refractivity contribution in [1.29, 1.82) is 0 Å². The quantitative estimate of drug-likeness (QED) is 0.699. The summed E-state index contributed by atoms with van der Waals surface area (Å²) in [4.78, 5) is 36.6. The first-order valence-corrected chi connectivity index (χ1v) is 8.25.